The Morgan fingerprint density at radius 2 is 1.57 bits per heavy atom. The number of rotatable bonds is 6. The van der Waals surface area contributed by atoms with Crippen LogP contribution in [0.1, 0.15) is 27.5 Å². The number of thiazole rings is 1. The van der Waals surface area contributed by atoms with Gasteiger partial charge in [0.1, 0.15) is 0 Å². The predicted octanol–water partition coefficient (Wildman–Crippen LogP) is 6.81. The molecule has 0 unspecified atom stereocenters. The Morgan fingerprint density at radius 3 is 2.20 bits per heavy atom. The van der Waals surface area contributed by atoms with Gasteiger partial charge in [-0.25, -0.2) is 4.98 Å². The molecule has 0 spiro atoms. The van der Waals surface area contributed by atoms with Gasteiger partial charge in [0.15, 0.2) is 5.13 Å². The molecule has 1 amide bonds. The van der Waals surface area contributed by atoms with Crippen LogP contribution in [0.2, 0.25) is 10.0 Å². The maximum Gasteiger partial charge on any atom is 0.238 e. The largest absolute Gasteiger partial charge is 0.301 e. The maximum absolute atomic E-state index is 13.2. The molecule has 1 N–H and O–H groups in total. The van der Waals surface area contributed by atoms with Crippen LogP contribution in [-0.4, -0.2) is 10.9 Å². The van der Waals surface area contributed by atoms with E-state index in [1.54, 1.807) is 18.3 Å². The smallest absolute Gasteiger partial charge is 0.238 e. The summed E-state index contributed by atoms with van der Waals surface area (Å²) in [6.45, 7) is 0. The average molecular weight is 453 g/mol. The first-order chi connectivity index (χ1) is 14.6. The van der Waals surface area contributed by atoms with Gasteiger partial charge in [-0.3, -0.25) is 4.79 Å². The number of hydrogen-bond donors (Lipinski definition) is 1. The number of nitrogens with one attached hydrogen (secondary N) is 1. The van der Waals surface area contributed by atoms with Crippen molar-refractivity contribution in [2.24, 2.45) is 0 Å². The molecule has 0 atom stereocenters. The number of amides is 1. The van der Waals surface area contributed by atoms with Gasteiger partial charge in [-0.2, -0.15) is 0 Å². The first-order valence-electron chi connectivity index (χ1n) is 9.39. The number of anilines is 1. The molecule has 0 radical (unpaired) electrons. The van der Waals surface area contributed by atoms with Crippen molar-refractivity contribution in [1.29, 1.82) is 0 Å². The summed E-state index contributed by atoms with van der Waals surface area (Å²) in [5.41, 5.74) is 2.80. The van der Waals surface area contributed by atoms with Crippen molar-refractivity contribution in [3.63, 3.8) is 0 Å². The van der Waals surface area contributed by atoms with E-state index in [-0.39, 0.29) is 5.91 Å². The number of hydrogen-bond acceptors (Lipinski definition) is 3. The molecule has 4 rings (SSSR count). The summed E-state index contributed by atoms with van der Waals surface area (Å²) >= 11 is 13.8. The lowest BCUT2D eigenvalue weighted by Crippen LogP contribution is -2.22. The minimum absolute atomic E-state index is 0.117. The number of carbonyl (C=O) groups is 1. The molecule has 0 fully saturated rings. The lowest BCUT2D eigenvalue weighted by molar-refractivity contribution is -0.116. The first-order valence-corrected chi connectivity index (χ1v) is 11.0. The Morgan fingerprint density at radius 1 is 0.933 bits per heavy atom. The van der Waals surface area contributed by atoms with Gasteiger partial charge in [0.25, 0.3) is 0 Å². The van der Waals surface area contributed by atoms with Crippen LogP contribution >= 0.6 is 34.5 Å². The molecule has 4 aromatic rings. The molecule has 0 aliphatic rings. The molecule has 3 aromatic carbocycles. The zero-order valence-electron chi connectivity index (χ0n) is 15.9. The van der Waals surface area contributed by atoms with Crippen molar-refractivity contribution >= 4 is 45.6 Å². The zero-order valence-corrected chi connectivity index (χ0v) is 18.2. The minimum Gasteiger partial charge on any atom is -0.301 e. The quantitative estimate of drug-likeness (QED) is 0.348. The highest BCUT2D eigenvalue weighted by atomic mass is 35.5. The summed E-state index contributed by atoms with van der Waals surface area (Å²) < 4.78 is 0. The number of nitrogens with zero attached hydrogens (tertiary/aromatic N) is 1. The number of halogens is 2. The van der Waals surface area contributed by atoms with Gasteiger partial charge in [-0.05, 0) is 34.9 Å². The van der Waals surface area contributed by atoms with E-state index in [0.29, 0.717) is 21.6 Å². The first kappa shape index (κ1) is 20.6. The number of aromatic nitrogens is 1. The summed E-state index contributed by atoms with van der Waals surface area (Å²) in [7, 11) is 0. The summed E-state index contributed by atoms with van der Waals surface area (Å²) in [6.07, 6.45) is 2.37. The van der Waals surface area contributed by atoms with Crippen LogP contribution in [0.5, 0.6) is 0 Å². The highest BCUT2D eigenvalue weighted by Crippen LogP contribution is 2.29. The molecule has 0 aliphatic heterocycles. The molecule has 0 bridgehead atoms. The Hall–Kier alpha value is -2.66. The average Bonchev–Trinajstić information content (AvgIpc) is 3.19. The standard InChI is InChI=1S/C24H18Cl2N2OS/c25-19-11-12-21(26)18(13-19)14-20-15-27-24(30-20)28-23(29)22(16-7-3-1-4-8-16)17-9-5-2-6-10-17/h1-13,15,22H,14H2,(H,27,28,29). The fraction of sp³-hybridized carbons (Fsp3) is 0.0833. The van der Waals surface area contributed by atoms with Crippen LogP contribution in [-0.2, 0) is 11.2 Å². The second-order valence-electron chi connectivity index (χ2n) is 6.79. The van der Waals surface area contributed by atoms with Crippen LogP contribution in [0.4, 0.5) is 5.13 Å². The lowest BCUT2D eigenvalue weighted by atomic mass is 9.90. The fourth-order valence-corrected chi connectivity index (χ4v) is 4.49. The van der Waals surface area contributed by atoms with E-state index in [2.05, 4.69) is 10.3 Å². The predicted molar refractivity (Wildman–Crippen MR) is 125 cm³/mol. The van der Waals surface area contributed by atoms with E-state index >= 15 is 0 Å². The fourth-order valence-electron chi connectivity index (χ4n) is 3.28. The van der Waals surface area contributed by atoms with Crippen molar-refractivity contribution in [1.82, 2.24) is 4.98 Å². The molecular formula is C24H18Cl2N2OS. The molecule has 6 heteroatoms. The number of carbonyl (C=O) groups excluding carboxylic acids is 1. The summed E-state index contributed by atoms with van der Waals surface area (Å²) in [5.74, 6) is -0.531. The molecule has 1 heterocycles. The van der Waals surface area contributed by atoms with Gasteiger partial charge in [0, 0.05) is 27.5 Å². The Bertz CT molecular complexity index is 1110. The van der Waals surface area contributed by atoms with Gasteiger partial charge in [0.2, 0.25) is 5.91 Å². The highest BCUT2D eigenvalue weighted by molar-refractivity contribution is 7.15. The van der Waals surface area contributed by atoms with E-state index in [9.17, 15) is 4.79 Å². The van der Waals surface area contributed by atoms with Crippen molar-refractivity contribution in [2.45, 2.75) is 12.3 Å². The van der Waals surface area contributed by atoms with Gasteiger partial charge < -0.3 is 5.32 Å². The van der Waals surface area contributed by atoms with Crippen molar-refractivity contribution in [2.75, 3.05) is 5.32 Å². The number of benzene rings is 3. The van der Waals surface area contributed by atoms with Crippen LogP contribution in [0.3, 0.4) is 0 Å². The second kappa shape index (κ2) is 9.43. The van der Waals surface area contributed by atoms with E-state index < -0.39 is 5.92 Å². The molecule has 3 nitrogen and oxygen atoms in total. The van der Waals surface area contributed by atoms with Crippen LogP contribution < -0.4 is 5.32 Å². The topological polar surface area (TPSA) is 42.0 Å². The zero-order chi connectivity index (χ0) is 20.9. The Kier molecular flexibility index (Phi) is 6.48. The Labute approximate surface area is 189 Å². The van der Waals surface area contributed by atoms with Gasteiger partial charge >= 0.3 is 0 Å². The summed E-state index contributed by atoms with van der Waals surface area (Å²) in [6, 6.07) is 24.9. The second-order valence-corrected chi connectivity index (χ2v) is 8.75. The molecule has 150 valence electrons. The SMILES string of the molecule is O=C(Nc1ncc(Cc2cc(Cl)ccc2Cl)s1)C(c1ccccc1)c1ccccc1. The molecule has 0 saturated heterocycles. The third-order valence-electron chi connectivity index (χ3n) is 4.68. The van der Waals surface area contributed by atoms with E-state index in [0.717, 1.165) is 21.6 Å². The highest BCUT2D eigenvalue weighted by Gasteiger charge is 2.23. The van der Waals surface area contributed by atoms with Gasteiger partial charge in [-0.1, -0.05) is 83.9 Å². The van der Waals surface area contributed by atoms with Gasteiger partial charge in [0.05, 0.1) is 5.92 Å². The van der Waals surface area contributed by atoms with Crippen molar-refractivity contribution in [3.05, 3.63) is 117 Å². The van der Waals surface area contributed by atoms with E-state index in [4.69, 9.17) is 23.2 Å². The lowest BCUT2D eigenvalue weighted by Gasteiger charge is -2.17. The molecule has 0 aliphatic carbocycles. The van der Waals surface area contributed by atoms with Crippen LogP contribution in [0.15, 0.2) is 85.1 Å². The van der Waals surface area contributed by atoms with Gasteiger partial charge in [-0.15, -0.1) is 11.3 Å². The van der Waals surface area contributed by atoms with E-state index in [1.807, 2.05) is 66.7 Å². The normalized spacial score (nSPS) is 10.9. The Balaban J connectivity index is 1.54. The minimum atomic E-state index is -0.415. The maximum atomic E-state index is 13.2. The molecule has 1 aromatic heterocycles. The molecular weight excluding hydrogens is 435 g/mol. The summed E-state index contributed by atoms with van der Waals surface area (Å²) in [5, 5.41) is 4.84. The monoisotopic (exact) mass is 452 g/mol. The van der Waals surface area contributed by atoms with Crippen LogP contribution in [0.25, 0.3) is 0 Å². The third kappa shape index (κ3) is 4.90. The van der Waals surface area contributed by atoms with E-state index in [1.165, 1.54) is 11.3 Å². The molecule has 0 saturated carbocycles. The van der Waals surface area contributed by atoms with Crippen LogP contribution in [0, 0.1) is 0 Å². The van der Waals surface area contributed by atoms with Crippen molar-refractivity contribution < 1.29 is 4.79 Å². The summed E-state index contributed by atoms with van der Waals surface area (Å²) in [4.78, 5) is 18.6. The third-order valence-corrected chi connectivity index (χ3v) is 6.20. The van der Waals surface area contributed by atoms with Crippen molar-refractivity contribution in [3.8, 4) is 0 Å². The molecule has 30 heavy (non-hydrogen) atoms.